The van der Waals surface area contributed by atoms with Gasteiger partial charge in [-0.25, -0.2) is 0 Å². The van der Waals surface area contributed by atoms with E-state index in [0.29, 0.717) is 21.0 Å². The molecule has 0 spiro atoms. The van der Waals surface area contributed by atoms with Crippen LogP contribution in [0.4, 0.5) is 5.69 Å². The fraction of sp³-hybridized carbons (Fsp3) is 0.375. The average molecular weight is 361 g/mol. The molecule has 1 fully saturated rings. The summed E-state index contributed by atoms with van der Waals surface area (Å²) in [6.45, 7) is 0. The largest absolute Gasteiger partial charge is 0.375 e. The molecule has 1 nitrogen and oxygen atoms in total. The van der Waals surface area contributed by atoms with Crippen LogP contribution in [0.15, 0.2) is 29.6 Å². The summed E-state index contributed by atoms with van der Waals surface area (Å²) in [5, 5.41) is 7.40. The number of nitrogens with one attached hydrogen (secondary N) is 1. The summed E-state index contributed by atoms with van der Waals surface area (Å²) < 4.78 is 0. The topological polar surface area (TPSA) is 12.0 Å². The van der Waals surface area contributed by atoms with E-state index < -0.39 is 0 Å². The van der Waals surface area contributed by atoms with Crippen LogP contribution in [0.5, 0.6) is 0 Å². The molecule has 1 saturated carbocycles. The molecular weight excluding hydrogens is 345 g/mol. The highest BCUT2D eigenvalue weighted by Crippen LogP contribution is 2.42. The molecule has 1 aliphatic rings. The minimum absolute atomic E-state index is 0.267. The van der Waals surface area contributed by atoms with E-state index in [4.69, 9.17) is 34.8 Å². The first-order valence-electron chi connectivity index (χ1n) is 7.09. The summed E-state index contributed by atoms with van der Waals surface area (Å²) in [5.41, 5.74) is 0.785. The summed E-state index contributed by atoms with van der Waals surface area (Å²) >= 11 is 20.4. The lowest BCUT2D eigenvalue weighted by molar-refractivity contribution is 0.475. The minimum Gasteiger partial charge on any atom is -0.375 e. The van der Waals surface area contributed by atoms with Crippen LogP contribution in [0.2, 0.25) is 15.1 Å². The van der Waals surface area contributed by atoms with Gasteiger partial charge in [0.15, 0.2) is 0 Å². The fourth-order valence-electron chi connectivity index (χ4n) is 3.02. The normalized spacial score (nSPS) is 17.1. The Hall–Kier alpha value is -0.410. The van der Waals surface area contributed by atoms with E-state index in [1.807, 2.05) is 0 Å². The van der Waals surface area contributed by atoms with Crippen LogP contribution in [-0.4, -0.2) is 0 Å². The summed E-state index contributed by atoms with van der Waals surface area (Å²) in [7, 11) is 0. The van der Waals surface area contributed by atoms with Crippen LogP contribution in [0.3, 0.4) is 0 Å². The van der Waals surface area contributed by atoms with E-state index in [1.54, 1.807) is 23.5 Å². The van der Waals surface area contributed by atoms with Crippen LogP contribution in [0.25, 0.3) is 0 Å². The van der Waals surface area contributed by atoms with Crippen LogP contribution in [0, 0.1) is 5.92 Å². The predicted octanol–water partition coefficient (Wildman–Crippen LogP) is 7.05. The molecule has 2 aromatic rings. The van der Waals surface area contributed by atoms with Crippen LogP contribution < -0.4 is 5.32 Å². The Bertz CT molecular complexity index is 583. The number of thiophene rings is 1. The lowest BCUT2D eigenvalue weighted by atomic mass is 9.96. The molecule has 1 unspecified atom stereocenters. The molecule has 1 N–H and O–H groups in total. The van der Waals surface area contributed by atoms with Crippen molar-refractivity contribution in [3.63, 3.8) is 0 Å². The second-order valence-corrected chi connectivity index (χ2v) is 7.66. The lowest BCUT2D eigenvalue weighted by Crippen LogP contribution is -2.18. The highest BCUT2D eigenvalue weighted by molar-refractivity contribution is 7.10. The predicted molar refractivity (Wildman–Crippen MR) is 94.1 cm³/mol. The molecular formula is C16H16Cl3NS. The Labute approximate surface area is 144 Å². The lowest BCUT2D eigenvalue weighted by Gasteiger charge is -2.26. The molecule has 21 heavy (non-hydrogen) atoms. The molecule has 1 aliphatic carbocycles. The van der Waals surface area contributed by atoms with Crippen molar-refractivity contribution in [3.05, 3.63) is 49.6 Å². The molecule has 0 amide bonds. The maximum atomic E-state index is 6.32. The Balaban J connectivity index is 1.91. The van der Waals surface area contributed by atoms with Gasteiger partial charge in [0.25, 0.3) is 0 Å². The SMILES string of the molecule is Clc1cc(Cl)c(NC(c2cccs2)C2CCCC2)c(Cl)c1. The summed E-state index contributed by atoms with van der Waals surface area (Å²) in [5.74, 6) is 0.631. The quantitative estimate of drug-likeness (QED) is 0.615. The van der Waals surface area contributed by atoms with Crippen molar-refractivity contribution in [2.75, 3.05) is 5.32 Å². The van der Waals surface area contributed by atoms with Gasteiger partial charge in [-0.15, -0.1) is 11.3 Å². The molecule has 0 saturated heterocycles. The van der Waals surface area contributed by atoms with E-state index in [0.717, 1.165) is 5.69 Å². The van der Waals surface area contributed by atoms with Crippen molar-refractivity contribution in [2.45, 2.75) is 31.7 Å². The van der Waals surface area contributed by atoms with Gasteiger partial charge in [-0.1, -0.05) is 53.7 Å². The molecule has 1 atom stereocenters. The molecule has 112 valence electrons. The van der Waals surface area contributed by atoms with Gasteiger partial charge in [-0.2, -0.15) is 0 Å². The molecule has 0 aliphatic heterocycles. The van der Waals surface area contributed by atoms with E-state index in [-0.39, 0.29) is 6.04 Å². The third-order valence-corrected chi connectivity index (χ3v) is 5.80. The second kappa shape index (κ2) is 6.78. The molecule has 1 heterocycles. The van der Waals surface area contributed by atoms with Crippen molar-refractivity contribution >= 4 is 51.8 Å². The summed E-state index contributed by atoms with van der Waals surface area (Å²) in [6, 6.07) is 8.01. The standard InChI is InChI=1S/C16H16Cl3NS/c17-11-8-12(18)16(13(19)9-11)20-15(10-4-1-2-5-10)14-6-3-7-21-14/h3,6-10,15,20H,1-2,4-5H2. The number of halogens is 3. The number of hydrogen-bond acceptors (Lipinski definition) is 2. The summed E-state index contributed by atoms with van der Waals surface area (Å²) in [6.07, 6.45) is 5.10. The first-order valence-corrected chi connectivity index (χ1v) is 9.11. The zero-order valence-electron chi connectivity index (χ0n) is 11.4. The van der Waals surface area contributed by atoms with Gasteiger partial charge in [0, 0.05) is 9.90 Å². The fourth-order valence-corrected chi connectivity index (χ4v) is 4.81. The Morgan fingerprint density at radius 1 is 1.10 bits per heavy atom. The van der Waals surface area contributed by atoms with Gasteiger partial charge >= 0.3 is 0 Å². The van der Waals surface area contributed by atoms with Crippen molar-refractivity contribution in [3.8, 4) is 0 Å². The van der Waals surface area contributed by atoms with Crippen molar-refractivity contribution in [2.24, 2.45) is 5.92 Å². The van der Waals surface area contributed by atoms with Crippen LogP contribution in [0.1, 0.15) is 36.6 Å². The average Bonchev–Trinajstić information content (AvgIpc) is 3.11. The third-order valence-electron chi connectivity index (χ3n) is 4.03. The zero-order valence-corrected chi connectivity index (χ0v) is 14.5. The number of rotatable bonds is 4. The minimum atomic E-state index is 0.267. The number of hydrogen-bond donors (Lipinski definition) is 1. The van der Waals surface area contributed by atoms with E-state index >= 15 is 0 Å². The third kappa shape index (κ3) is 3.50. The smallest absolute Gasteiger partial charge is 0.0725 e. The van der Waals surface area contributed by atoms with Gasteiger partial charge in [0.2, 0.25) is 0 Å². The Kier molecular flexibility index (Phi) is 5.00. The van der Waals surface area contributed by atoms with Gasteiger partial charge in [-0.05, 0) is 42.3 Å². The number of benzene rings is 1. The molecule has 3 rings (SSSR count). The van der Waals surface area contributed by atoms with E-state index in [2.05, 4.69) is 22.8 Å². The zero-order chi connectivity index (χ0) is 14.8. The maximum Gasteiger partial charge on any atom is 0.0725 e. The maximum absolute atomic E-state index is 6.32. The highest BCUT2D eigenvalue weighted by atomic mass is 35.5. The Morgan fingerprint density at radius 2 is 1.76 bits per heavy atom. The monoisotopic (exact) mass is 359 g/mol. The number of anilines is 1. The molecule has 1 aromatic carbocycles. The second-order valence-electron chi connectivity index (χ2n) is 5.43. The van der Waals surface area contributed by atoms with Crippen molar-refractivity contribution in [1.82, 2.24) is 0 Å². The van der Waals surface area contributed by atoms with Crippen molar-refractivity contribution < 1.29 is 0 Å². The molecule has 0 radical (unpaired) electrons. The van der Waals surface area contributed by atoms with Gasteiger partial charge in [0.1, 0.15) is 0 Å². The van der Waals surface area contributed by atoms with E-state index in [9.17, 15) is 0 Å². The van der Waals surface area contributed by atoms with Crippen LogP contribution >= 0.6 is 46.1 Å². The first kappa shape index (κ1) is 15.5. The summed E-state index contributed by atoms with van der Waals surface area (Å²) in [4.78, 5) is 1.34. The molecule has 1 aromatic heterocycles. The Morgan fingerprint density at radius 3 is 2.33 bits per heavy atom. The van der Waals surface area contributed by atoms with Crippen LogP contribution in [-0.2, 0) is 0 Å². The molecule has 5 heteroatoms. The van der Waals surface area contributed by atoms with Crippen molar-refractivity contribution in [1.29, 1.82) is 0 Å². The highest BCUT2D eigenvalue weighted by Gasteiger charge is 2.28. The first-order chi connectivity index (χ1) is 10.1. The van der Waals surface area contributed by atoms with Gasteiger partial charge < -0.3 is 5.32 Å². The van der Waals surface area contributed by atoms with Gasteiger partial charge in [-0.3, -0.25) is 0 Å². The molecule has 0 bridgehead atoms. The van der Waals surface area contributed by atoms with E-state index in [1.165, 1.54) is 30.6 Å². The van der Waals surface area contributed by atoms with Gasteiger partial charge in [0.05, 0.1) is 21.8 Å².